The van der Waals surface area contributed by atoms with Gasteiger partial charge in [-0.3, -0.25) is 0 Å². The zero-order valence-electron chi connectivity index (χ0n) is 11.1. The summed E-state index contributed by atoms with van der Waals surface area (Å²) in [6.45, 7) is 1.97. The van der Waals surface area contributed by atoms with Crippen molar-refractivity contribution in [1.29, 1.82) is 0 Å². The van der Waals surface area contributed by atoms with Crippen LogP contribution in [-0.2, 0) is 7.05 Å². The van der Waals surface area contributed by atoms with Gasteiger partial charge in [-0.25, -0.2) is 4.68 Å². The van der Waals surface area contributed by atoms with E-state index < -0.39 is 0 Å². The highest BCUT2D eigenvalue weighted by atomic mass is 32.2. The topological polar surface area (TPSA) is 112 Å². The van der Waals surface area contributed by atoms with E-state index in [2.05, 4.69) is 30.5 Å². The van der Waals surface area contributed by atoms with E-state index in [9.17, 15) is 0 Å². The summed E-state index contributed by atoms with van der Waals surface area (Å²) in [5, 5.41) is 11.9. The average Bonchev–Trinajstić information content (AvgIpc) is 2.74. The molecule has 1 unspecified atom stereocenters. The van der Waals surface area contributed by atoms with E-state index in [1.165, 1.54) is 11.8 Å². The number of thioether (sulfide) groups is 1. The standard InChI is InChI=1S/C9H15N9S/c1-5(19-9-14-15-16-18(9)4)6-11-7(10)13-8(12-6)17(2)3/h5H,1-4H3,(H2,10,11,12,13). The number of aryl methyl sites for hydroxylation is 1. The lowest BCUT2D eigenvalue weighted by atomic mass is 10.4. The summed E-state index contributed by atoms with van der Waals surface area (Å²) in [6, 6.07) is 0. The molecule has 0 radical (unpaired) electrons. The predicted molar refractivity (Wildman–Crippen MR) is 71.6 cm³/mol. The molecule has 2 aromatic rings. The zero-order chi connectivity index (χ0) is 14.0. The van der Waals surface area contributed by atoms with Crippen molar-refractivity contribution in [1.82, 2.24) is 35.2 Å². The minimum absolute atomic E-state index is 0.0336. The molecule has 0 saturated carbocycles. The van der Waals surface area contributed by atoms with Crippen molar-refractivity contribution < 1.29 is 0 Å². The summed E-state index contributed by atoms with van der Waals surface area (Å²) in [5.74, 6) is 1.34. The van der Waals surface area contributed by atoms with Gasteiger partial charge in [0.25, 0.3) is 0 Å². The SMILES string of the molecule is CC(Sc1nnnn1C)c1nc(N)nc(N(C)C)n1. The van der Waals surface area contributed by atoms with Gasteiger partial charge in [-0.2, -0.15) is 15.0 Å². The molecule has 2 heterocycles. The molecule has 10 heteroatoms. The lowest BCUT2D eigenvalue weighted by Gasteiger charge is -2.14. The normalized spacial score (nSPS) is 12.4. The van der Waals surface area contributed by atoms with Gasteiger partial charge in [0, 0.05) is 21.1 Å². The molecule has 0 fully saturated rings. The summed E-state index contributed by atoms with van der Waals surface area (Å²) in [7, 11) is 5.48. The van der Waals surface area contributed by atoms with Crippen LogP contribution < -0.4 is 10.6 Å². The lowest BCUT2D eigenvalue weighted by Crippen LogP contribution is -2.16. The van der Waals surface area contributed by atoms with E-state index >= 15 is 0 Å². The Balaban J connectivity index is 2.23. The van der Waals surface area contributed by atoms with Crippen molar-refractivity contribution >= 4 is 23.7 Å². The molecule has 0 saturated heterocycles. The molecule has 0 aliphatic heterocycles. The molecule has 9 nitrogen and oxygen atoms in total. The average molecular weight is 281 g/mol. The van der Waals surface area contributed by atoms with Gasteiger partial charge in [-0.1, -0.05) is 11.8 Å². The summed E-state index contributed by atoms with van der Waals surface area (Å²) in [6.07, 6.45) is 0. The third kappa shape index (κ3) is 3.08. The van der Waals surface area contributed by atoms with E-state index in [1.54, 1.807) is 16.6 Å². The Labute approximate surface area is 114 Å². The van der Waals surface area contributed by atoms with Crippen molar-refractivity contribution in [3.8, 4) is 0 Å². The number of anilines is 2. The maximum Gasteiger partial charge on any atom is 0.229 e. The van der Waals surface area contributed by atoms with Crippen LogP contribution in [-0.4, -0.2) is 49.3 Å². The van der Waals surface area contributed by atoms with E-state index in [-0.39, 0.29) is 11.2 Å². The van der Waals surface area contributed by atoms with Gasteiger partial charge in [-0.05, 0) is 17.4 Å². The molecule has 0 spiro atoms. The minimum Gasteiger partial charge on any atom is -0.368 e. The first-order valence-electron chi connectivity index (χ1n) is 5.55. The van der Waals surface area contributed by atoms with Crippen LogP contribution in [0.15, 0.2) is 5.16 Å². The monoisotopic (exact) mass is 281 g/mol. The van der Waals surface area contributed by atoms with Gasteiger partial charge in [0.05, 0.1) is 5.25 Å². The molecular weight excluding hydrogens is 266 g/mol. The Morgan fingerprint density at radius 3 is 2.58 bits per heavy atom. The third-order valence-electron chi connectivity index (χ3n) is 2.29. The van der Waals surface area contributed by atoms with Crippen LogP contribution in [0.1, 0.15) is 18.0 Å². The Kier molecular flexibility index (Phi) is 3.79. The fourth-order valence-electron chi connectivity index (χ4n) is 1.31. The van der Waals surface area contributed by atoms with Crippen LogP contribution in [0.3, 0.4) is 0 Å². The van der Waals surface area contributed by atoms with E-state index in [0.29, 0.717) is 16.9 Å². The Morgan fingerprint density at radius 1 is 1.26 bits per heavy atom. The maximum absolute atomic E-state index is 5.69. The lowest BCUT2D eigenvalue weighted by molar-refractivity contribution is 0.663. The number of aromatic nitrogens is 7. The molecule has 0 aromatic carbocycles. The molecule has 2 aromatic heterocycles. The van der Waals surface area contributed by atoms with Crippen LogP contribution >= 0.6 is 11.8 Å². The summed E-state index contributed by atoms with van der Waals surface area (Å²) < 4.78 is 1.60. The van der Waals surface area contributed by atoms with Crippen LogP contribution in [0.2, 0.25) is 0 Å². The molecule has 0 amide bonds. The predicted octanol–water partition coefficient (Wildman–Crippen LogP) is -0.103. The molecule has 102 valence electrons. The van der Waals surface area contributed by atoms with Gasteiger partial charge in [0.15, 0.2) is 0 Å². The quantitative estimate of drug-likeness (QED) is 0.767. The van der Waals surface area contributed by atoms with Crippen molar-refractivity contribution in [2.24, 2.45) is 7.05 Å². The largest absolute Gasteiger partial charge is 0.368 e. The first-order chi connectivity index (χ1) is 8.97. The number of rotatable bonds is 4. The van der Waals surface area contributed by atoms with E-state index in [0.717, 1.165) is 0 Å². The molecule has 2 N–H and O–H groups in total. The maximum atomic E-state index is 5.69. The Bertz CT molecular complexity index is 567. The zero-order valence-corrected chi connectivity index (χ0v) is 12.0. The second-order valence-corrected chi connectivity index (χ2v) is 5.40. The number of hydrogen-bond acceptors (Lipinski definition) is 9. The van der Waals surface area contributed by atoms with Crippen LogP contribution in [0.25, 0.3) is 0 Å². The Hall–Kier alpha value is -1.97. The summed E-state index contributed by atoms with van der Waals surface area (Å²) >= 11 is 1.46. The number of tetrazole rings is 1. The van der Waals surface area contributed by atoms with Crippen molar-refractivity contribution in [3.05, 3.63) is 5.82 Å². The number of nitrogen functional groups attached to an aromatic ring is 1. The van der Waals surface area contributed by atoms with Crippen molar-refractivity contribution in [2.75, 3.05) is 24.7 Å². The fourth-order valence-corrected chi connectivity index (χ4v) is 2.11. The fraction of sp³-hybridized carbons (Fsp3) is 0.556. The molecule has 19 heavy (non-hydrogen) atoms. The van der Waals surface area contributed by atoms with Gasteiger partial charge >= 0.3 is 0 Å². The van der Waals surface area contributed by atoms with Crippen LogP contribution in [0.4, 0.5) is 11.9 Å². The van der Waals surface area contributed by atoms with Gasteiger partial charge in [0.2, 0.25) is 17.1 Å². The highest BCUT2D eigenvalue weighted by Crippen LogP contribution is 2.31. The molecule has 1 atom stereocenters. The third-order valence-corrected chi connectivity index (χ3v) is 3.41. The first-order valence-corrected chi connectivity index (χ1v) is 6.43. The smallest absolute Gasteiger partial charge is 0.229 e. The molecule has 0 aliphatic rings. The molecule has 0 aliphatic carbocycles. The van der Waals surface area contributed by atoms with Crippen LogP contribution in [0.5, 0.6) is 0 Å². The molecular formula is C9H15N9S. The summed E-state index contributed by atoms with van der Waals surface area (Å²) in [5.41, 5.74) is 5.69. The van der Waals surface area contributed by atoms with Crippen molar-refractivity contribution in [3.63, 3.8) is 0 Å². The van der Waals surface area contributed by atoms with Gasteiger partial charge < -0.3 is 10.6 Å². The second-order valence-electron chi connectivity index (χ2n) is 4.09. The van der Waals surface area contributed by atoms with E-state index in [1.807, 2.05) is 21.0 Å². The van der Waals surface area contributed by atoms with Crippen molar-refractivity contribution in [2.45, 2.75) is 17.3 Å². The minimum atomic E-state index is -0.0336. The highest BCUT2D eigenvalue weighted by molar-refractivity contribution is 7.99. The molecule has 0 bridgehead atoms. The first kappa shape index (κ1) is 13.5. The highest BCUT2D eigenvalue weighted by Gasteiger charge is 2.17. The Morgan fingerprint density at radius 2 is 2.00 bits per heavy atom. The van der Waals surface area contributed by atoms with Gasteiger partial charge in [0.1, 0.15) is 5.82 Å². The number of nitrogens with zero attached hydrogens (tertiary/aromatic N) is 8. The van der Waals surface area contributed by atoms with Gasteiger partial charge in [-0.15, -0.1) is 5.10 Å². The van der Waals surface area contributed by atoms with E-state index in [4.69, 9.17) is 5.73 Å². The number of nitrogens with two attached hydrogens (primary N) is 1. The number of hydrogen-bond donors (Lipinski definition) is 1. The summed E-state index contributed by atoms with van der Waals surface area (Å²) in [4.78, 5) is 14.4. The second kappa shape index (κ2) is 5.34. The molecule has 2 rings (SSSR count). The van der Waals surface area contributed by atoms with Crippen LogP contribution in [0, 0.1) is 0 Å².